The molecule has 0 saturated heterocycles. The summed E-state index contributed by atoms with van der Waals surface area (Å²) < 4.78 is 0. The molecule has 4 N–H and O–H groups in total. The second-order valence-electron chi connectivity index (χ2n) is 4.07. The van der Waals surface area contributed by atoms with Crippen LogP contribution in [0.4, 0.5) is 5.69 Å². The lowest BCUT2D eigenvalue weighted by Gasteiger charge is -2.14. The number of non-ortho nitro benzene ring substituents is 1. The maximum atomic E-state index is 10.7. The SMILES string of the molecule is NC(c1ccc(O)cc1)c1cc([N+](=O)[O-])ccc1O. The summed E-state index contributed by atoms with van der Waals surface area (Å²) in [6.07, 6.45) is 0. The Bertz CT molecular complexity index is 611. The topological polar surface area (TPSA) is 110 Å². The molecule has 0 radical (unpaired) electrons. The normalized spacial score (nSPS) is 12.1. The van der Waals surface area contributed by atoms with Crippen LogP contribution in [0.25, 0.3) is 0 Å². The van der Waals surface area contributed by atoms with Crippen LogP contribution >= 0.6 is 0 Å². The predicted octanol–water partition coefficient (Wildman–Crippen LogP) is 2.05. The number of rotatable bonds is 3. The summed E-state index contributed by atoms with van der Waals surface area (Å²) in [5.74, 6) is -0.00890. The number of phenolic OH excluding ortho intramolecular Hbond substituents is 2. The largest absolute Gasteiger partial charge is 0.508 e. The minimum Gasteiger partial charge on any atom is -0.508 e. The van der Waals surface area contributed by atoms with Gasteiger partial charge in [0.2, 0.25) is 0 Å². The molecule has 1 unspecified atom stereocenters. The fourth-order valence-corrected chi connectivity index (χ4v) is 1.77. The quantitative estimate of drug-likeness (QED) is 0.578. The van der Waals surface area contributed by atoms with Crippen LogP contribution in [0, 0.1) is 10.1 Å². The van der Waals surface area contributed by atoms with Crippen LogP contribution in [0.2, 0.25) is 0 Å². The molecule has 0 aliphatic rings. The molecule has 98 valence electrons. The molecular weight excluding hydrogens is 248 g/mol. The van der Waals surface area contributed by atoms with E-state index in [0.29, 0.717) is 5.56 Å². The average Bonchev–Trinajstić information content (AvgIpc) is 2.39. The molecule has 6 nitrogen and oxygen atoms in total. The molecule has 0 heterocycles. The maximum absolute atomic E-state index is 10.7. The van der Waals surface area contributed by atoms with E-state index in [0.717, 1.165) is 0 Å². The number of nitro groups is 1. The van der Waals surface area contributed by atoms with Gasteiger partial charge in [0.15, 0.2) is 0 Å². The van der Waals surface area contributed by atoms with Gasteiger partial charge >= 0.3 is 0 Å². The number of hydrogen-bond acceptors (Lipinski definition) is 5. The van der Waals surface area contributed by atoms with E-state index >= 15 is 0 Å². The molecule has 2 aromatic rings. The lowest BCUT2D eigenvalue weighted by Crippen LogP contribution is -2.12. The van der Waals surface area contributed by atoms with Crippen LogP contribution in [0.5, 0.6) is 11.5 Å². The fraction of sp³-hybridized carbons (Fsp3) is 0.0769. The molecule has 0 aromatic heterocycles. The number of aromatic hydroxyl groups is 2. The third-order valence-corrected chi connectivity index (χ3v) is 2.81. The number of nitrogens with two attached hydrogens (primary N) is 1. The Balaban J connectivity index is 2.42. The van der Waals surface area contributed by atoms with E-state index < -0.39 is 11.0 Å². The molecule has 19 heavy (non-hydrogen) atoms. The zero-order valence-electron chi connectivity index (χ0n) is 9.85. The summed E-state index contributed by atoms with van der Waals surface area (Å²) >= 11 is 0. The molecular formula is C13H12N2O4. The second-order valence-corrected chi connectivity index (χ2v) is 4.07. The Morgan fingerprint density at radius 3 is 2.32 bits per heavy atom. The van der Waals surface area contributed by atoms with Gasteiger partial charge in [-0.3, -0.25) is 10.1 Å². The van der Waals surface area contributed by atoms with Gasteiger partial charge < -0.3 is 15.9 Å². The van der Waals surface area contributed by atoms with Gasteiger partial charge in [0, 0.05) is 17.7 Å². The highest BCUT2D eigenvalue weighted by molar-refractivity contribution is 5.48. The van der Waals surface area contributed by atoms with E-state index in [9.17, 15) is 20.3 Å². The first-order valence-electron chi connectivity index (χ1n) is 5.51. The molecule has 6 heteroatoms. The number of nitro benzene ring substituents is 1. The van der Waals surface area contributed by atoms with Crippen LogP contribution in [-0.4, -0.2) is 15.1 Å². The summed E-state index contributed by atoms with van der Waals surface area (Å²) in [7, 11) is 0. The molecule has 0 aliphatic carbocycles. The number of benzene rings is 2. The number of nitrogens with zero attached hydrogens (tertiary/aromatic N) is 1. The van der Waals surface area contributed by atoms with Gasteiger partial charge in [-0.25, -0.2) is 0 Å². The highest BCUT2D eigenvalue weighted by atomic mass is 16.6. The van der Waals surface area contributed by atoms with Gasteiger partial charge in [0.25, 0.3) is 5.69 Å². The van der Waals surface area contributed by atoms with E-state index in [1.165, 1.54) is 30.3 Å². The van der Waals surface area contributed by atoms with E-state index in [-0.39, 0.29) is 22.7 Å². The van der Waals surface area contributed by atoms with Crippen molar-refractivity contribution in [3.05, 3.63) is 63.7 Å². The highest BCUT2D eigenvalue weighted by Gasteiger charge is 2.17. The van der Waals surface area contributed by atoms with E-state index in [1.54, 1.807) is 12.1 Å². The molecule has 0 amide bonds. The van der Waals surface area contributed by atoms with Crippen molar-refractivity contribution in [2.24, 2.45) is 5.73 Å². The summed E-state index contributed by atoms with van der Waals surface area (Å²) in [5.41, 5.74) is 6.73. The van der Waals surface area contributed by atoms with Crippen LogP contribution in [0.3, 0.4) is 0 Å². The Kier molecular flexibility index (Phi) is 3.35. The Hall–Kier alpha value is -2.60. The van der Waals surface area contributed by atoms with Crippen molar-refractivity contribution < 1.29 is 15.1 Å². The molecule has 2 aromatic carbocycles. The Labute approximate surface area is 108 Å². The van der Waals surface area contributed by atoms with Crippen LogP contribution < -0.4 is 5.73 Å². The first-order chi connectivity index (χ1) is 8.99. The molecule has 0 aliphatic heterocycles. The molecule has 0 saturated carbocycles. The summed E-state index contributed by atoms with van der Waals surface area (Å²) in [6.45, 7) is 0. The van der Waals surface area contributed by atoms with E-state index in [4.69, 9.17) is 5.73 Å². The molecule has 0 fully saturated rings. The van der Waals surface area contributed by atoms with Gasteiger partial charge in [-0.2, -0.15) is 0 Å². The van der Waals surface area contributed by atoms with Crippen molar-refractivity contribution in [3.8, 4) is 11.5 Å². The predicted molar refractivity (Wildman–Crippen MR) is 68.9 cm³/mol. The Morgan fingerprint density at radius 2 is 1.74 bits per heavy atom. The lowest BCUT2D eigenvalue weighted by atomic mass is 9.98. The number of phenols is 2. The van der Waals surface area contributed by atoms with Gasteiger partial charge in [-0.15, -0.1) is 0 Å². The second kappa shape index (κ2) is 4.95. The fourth-order valence-electron chi connectivity index (χ4n) is 1.77. The number of hydrogen-bond donors (Lipinski definition) is 3. The monoisotopic (exact) mass is 260 g/mol. The minimum atomic E-state index is -0.708. The first kappa shape index (κ1) is 12.8. The van der Waals surface area contributed by atoms with E-state index in [2.05, 4.69) is 0 Å². The van der Waals surface area contributed by atoms with Gasteiger partial charge in [-0.1, -0.05) is 12.1 Å². The standard InChI is InChI=1S/C13H12N2O4/c14-13(8-1-4-10(16)5-2-8)11-7-9(15(18)19)3-6-12(11)17/h1-7,13,16-17H,14H2. The van der Waals surface area contributed by atoms with Crippen molar-refractivity contribution in [1.82, 2.24) is 0 Å². The smallest absolute Gasteiger partial charge is 0.270 e. The van der Waals surface area contributed by atoms with Gasteiger partial charge in [0.1, 0.15) is 11.5 Å². The van der Waals surface area contributed by atoms with E-state index in [1.807, 2.05) is 0 Å². The summed E-state index contributed by atoms with van der Waals surface area (Å²) in [5, 5.41) is 29.7. The lowest BCUT2D eigenvalue weighted by molar-refractivity contribution is -0.384. The molecule has 1 atom stereocenters. The maximum Gasteiger partial charge on any atom is 0.270 e. The Morgan fingerprint density at radius 1 is 1.11 bits per heavy atom. The molecule has 0 spiro atoms. The van der Waals surface area contributed by atoms with Crippen molar-refractivity contribution in [1.29, 1.82) is 0 Å². The van der Waals surface area contributed by atoms with Gasteiger partial charge in [-0.05, 0) is 23.8 Å². The highest BCUT2D eigenvalue weighted by Crippen LogP contribution is 2.31. The minimum absolute atomic E-state index is 0.0965. The average molecular weight is 260 g/mol. The zero-order valence-corrected chi connectivity index (χ0v) is 9.85. The van der Waals surface area contributed by atoms with Gasteiger partial charge in [0.05, 0.1) is 11.0 Å². The van der Waals surface area contributed by atoms with Crippen molar-refractivity contribution in [3.63, 3.8) is 0 Å². The van der Waals surface area contributed by atoms with Crippen LogP contribution in [0.1, 0.15) is 17.2 Å². The molecule has 0 bridgehead atoms. The van der Waals surface area contributed by atoms with Crippen molar-refractivity contribution >= 4 is 5.69 Å². The van der Waals surface area contributed by atoms with Crippen LogP contribution in [-0.2, 0) is 0 Å². The third-order valence-electron chi connectivity index (χ3n) is 2.81. The molecule has 2 rings (SSSR count). The van der Waals surface area contributed by atoms with Crippen molar-refractivity contribution in [2.45, 2.75) is 6.04 Å². The van der Waals surface area contributed by atoms with Crippen molar-refractivity contribution in [2.75, 3.05) is 0 Å². The third kappa shape index (κ3) is 2.63. The summed E-state index contributed by atoms with van der Waals surface area (Å²) in [6, 6.07) is 9.10. The zero-order chi connectivity index (χ0) is 14.0. The van der Waals surface area contributed by atoms with Crippen LogP contribution in [0.15, 0.2) is 42.5 Å². The first-order valence-corrected chi connectivity index (χ1v) is 5.51. The summed E-state index contributed by atoms with van der Waals surface area (Å²) in [4.78, 5) is 10.2.